The van der Waals surface area contributed by atoms with Crippen molar-refractivity contribution in [3.05, 3.63) is 65.7 Å². The molecule has 1 atom stereocenters. The number of ether oxygens (including phenoxy) is 1. The Hall–Kier alpha value is -2.33. The summed E-state index contributed by atoms with van der Waals surface area (Å²) in [5.41, 5.74) is 8.22. The van der Waals surface area contributed by atoms with E-state index in [1.807, 2.05) is 54.6 Å². The summed E-state index contributed by atoms with van der Waals surface area (Å²) >= 11 is 0. The van der Waals surface area contributed by atoms with Crippen LogP contribution in [0.15, 0.2) is 54.6 Å². The van der Waals surface area contributed by atoms with E-state index in [0.717, 1.165) is 24.3 Å². The van der Waals surface area contributed by atoms with Gasteiger partial charge in [-0.25, -0.2) is 0 Å². The molecule has 4 heteroatoms. The molecular weight excluding hydrogens is 312 g/mol. The van der Waals surface area contributed by atoms with Crippen molar-refractivity contribution in [1.82, 2.24) is 5.32 Å². The maximum Gasteiger partial charge on any atom is 0.221 e. The number of hydrogen-bond donors (Lipinski definition) is 2. The van der Waals surface area contributed by atoms with Gasteiger partial charge < -0.3 is 15.8 Å². The Morgan fingerprint density at radius 2 is 1.76 bits per heavy atom. The van der Waals surface area contributed by atoms with Crippen molar-refractivity contribution in [1.29, 1.82) is 0 Å². The molecule has 134 valence electrons. The lowest BCUT2D eigenvalue weighted by molar-refractivity contribution is -0.121. The third kappa shape index (κ3) is 6.98. The minimum absolute atomic E-state index is 0.0201. The van der Waals surface area contributed by atoms with Gasteiger partial charge in [0.2, 0.25) is 5.91 Å². The Bertz CT molecular complexity index is 639. The van der Waals surface area contributed by atoms with Gasteiger partial charge in [-0.15, -0.1) is 0 Å². The van der Waals surface area contributed by atoms with E-state index < -0.39 is 0 Å². The number of nitrogens with one attached hydrogen (secondary N) is 1. The normalized spacial score (nSPS) is 12.0. The minimum Gasteiger partial charge on any atom is -0.493 e. The standard InChI is InChI=1S/C21H28N2O2/c1-16(2)15-25-19-10-8-17(9-11-19)12-13-23-21(24)14-20(22)18-6-4-3-5-7-18/h3-11,16,20H,12-15,22H2,1-2H3,(H,23,24). The van der Waals surface area contributed by atoms with Crippen LogP contribution in [0.1, 0.15) is 37.4 Å². The quantitative estimate of drug-likeness (QED) is 0.734. The summed E-state index contributed by atoms with van der Waals surface area (Å²) in [5, 5.41) is 2.94. The van der Waals surface area contributed by atoms with Gasteiger partial charge in [0.1, 0.15) is 5.75 Å². The topological polar surface area (TPSA) is 64.3 Å². The molecule has 0 heterocycles. The molecule has 0 saturated heterocycles. The first kappa shape index (κ1) is 19.0. The van der Waals surface area contributed by atoms with Crippen LogP contribution in [0.4, 0.5) is 0 Å². The van der Waals surface area contributed by atoms with Crippen LogP contribution in [0.5, 0.6) is 5.75 Å². The first-order chi connectivity index (χ1) is 12.0. The molecule has 0 radical (unpaired) electrons. The van der Waals surface area contributed by atoms with Crippen molar-refractivity contribution in [2.45, 2.75) is 32.7 Å². The minimum atomic E-state index is -0.265. The molecule has 0 aliphatic carbocycles. The van der Waals surface area contributed by atoms with Crippen LogP contribution >= 0.6 is 0 Å². The highest BCUT2D eigenvalue weighted by Crippen LogP contribution is 2.14. The molecule has 2 aromatic carbocycles. The average molecular weight is 340 g/mol. The second kappa shape index (κ2) is 9.84. The summed E-state index contributed by atoms with van der Waals surface area (Å²) < 4.78 is 5.67. The van der Waals surface area contributed by atoms with E-state index >= 15 is 0 Å². The van der Waals surface area contributed by atoms with Crippen molar-refractivity contribution in [2.24, 2.45) is 11.7 Å². The van der Waals surface area contributed by atoms with Crippen LogP contribution in [0.3, 0.4) is 0 Å². The third-order valence-corrected chi connectivity index (χ3v) is 3.88. The van der Waals surface area contributed by atoms with Crippen LogP contribution < -0.4 is 15.8 Å². The molecule has 0 spiro atoms. The van der Waals surface area contributed by atoms with Crippen LogP contribution in [-0.4, -0.2) is 19.1 Å². The van der Waals surface area contributed by atoms with Crippen LogP contribution in [-0.2, 0) is 11.2 Å². The molecule has 1 unspecified atom stereocenters. The van der Waals surface area contributed by atoms with Gasteiger partial charge in [-0.05, 0) is 35.6 Å². The monoisotopic (exact) mass is 340 g/mol. The number of amides is 1. The third-order valence-electron chi connectivity index (χ3n) is 3.88. The fourth-order valence-corrected chi connectivity index (χ4v) is 2.45. The van der Waals surface area contributed by atoms with Crippen LogP contribution in [0.25, 0.3) is 0 Å². The van der Waals surface area contributed by atoms with E-state index in [2.05, 4.69) is 19.2 Å². The molecule has 0 fully saturated rings. The Kier molecular flexibility index (Phi) is 7.48. The number of hydrogen-bond acceptors (Lipinski definition) is 3. The summed E-state index contributed by atoms with van der Waals surface area (Å²) in [5.74, 6) is 1.38. The first-order valence-electron chi connectivity index (χ1n) is 8.83. The van der Waals surface area contributed by atoms with E-state index in [1.165, 1.54) is 5.56 Å². The zero-order chi connectivity index (χ0) is 18.1. The van der Waals surface area contributed by atoms with Crippen molar-refractivity contribution in [3.63, 3.8) is 0 Å². The molecular formula is C21H28N2O2. The molecule has 3 N–H and O–H groups in total. The lowest BCUT2D eigenvalue weighted by Gasteiger charge is -2.12. The fourth-order valence-electron chi connectivity index (χ4n) is 2.45. The molecule has 2 rings (SSSR count). The highest BCUT2D eigenvalue weighted by molar-refractivity contribution is 5.76. The zero-order valence-corrected chi connectivity index (χ0v) is 15.1. The van der Waals surface area contributed by atoms with E-state index in [0.29, 0.717) is 18.9 Å². The number of nitrogens with two attached hydrogens (primary N) is 1. The molecule has 4 nitrogen and oxygen atoms in total. The number of carbonyl (C=O) groups is 1. The second-order valence-corrected chi connectivity index (χ2v) is 6.67. The number of carbonyl (C=O) groups excluding carboxylic acids is 1. The molecule has 0 aliphatic heterocycles. The molecule has 1 amide bonds. The van der Waals surface area contributed by atoms with Gasteiger partial charge in [0.15, 0.2) is 0 Å². The van der Waals surface area contributed by atoms with E-state index in [9.17, 15) is 4.79 Å². The molecule has 0 bridgehead atoms. The lowest BCUT2D eigenvalue weighted by atomic mass is 10.0. The Morgan fingerprint density at radius 3 is 2.40 bits per heavy atom. The van der Waals surface area contributed by atoms with Gasteiger partial charge >= 0.3 is 0 Å². The fraction of sp³-hybridized carbons (Fsp3) is 0.381. The first-order valence-corrected chi connectivity index (χ1v) is 8.83. The number of benzene rings is 2. The average Bonchev–Trinajstić information content (AvgIpc) is 2.61. The van der Waals surface area contributed by atoms with Crippen LogP contribution in [0, 0.1) is 5.92 Å². The molecule has 0 saturated carbocycles. The largest absolute Gasteiger partial charge is 0.493 e. The van der Waals surface area contributed by atoms with Crippen molar-refractivity contribution < 1.29 is 9.53 Å². The number of rotatable bonds is 9. The van der Waals surface area contributed by atoms with Crippen molar-refractivity contribution in [3.8, 4) is 5.75 Å². The molecule has 0 aliphatic rings. The molecule has 2 aromatic rings. The maximum atomic E-state index is 12.0. The Morgan fingerprint density at radius 1 is 1.08 bits per heavy atom. The van der Waals surface area contributed by atoms with Gasteiger partial charge in [-0.1, -0.05) is 56.3 Å². The second-order valence-electron chi connectivity index (χ2n) is 6.67. The Balaban J connectivity index is 1.70. The predicted octanol–water partition coefficient (Wildman–Crippen LogP) is 3.47. The zero-order valence-electron chi connectivity index (χ0n) is 15.1. The molecule has 0 aromatic heterocycles. The summed E-state index contributed by atoms with van der Waals surface area (Å²) in [4.78, 5) is 12.0. The van der Waals surface area contributed by atoms with Gasteiger partial charge in [0.05, 0.1) is 6.61 Å². The van der Waals surface area contributed by atoms with Gasteiger partial charge in [0.25, 0.3) is 0 Å². The smallest absolute Gasteiger partial charge is 0.221 e. The summed E-state index contributed by atoms with van der Waals surface area (Å²) in [7, 11) is 0. The van der Waals surface area contributed by atoms with Gasteiger partial charge in [-0.3, -0.25) is 4.79 Å². The van der Waals surface area contributed by atoms with E-state index in [1.54, 1.807) is 0 Å². The summed E-state index contributed by atoms with van der Waals surface area (Å²) in [6.45, 7) is 5.57. The predicted molar refractivity (Wildman–Crippen MR) is 101 cm³/mol. The van der Waals surface area contributed by atoms with Crippen LogP contribution in [0.2, 0.25) is 0 Å². The Labute approximate surface area is 150 Å². The van der Waals surface area contributed by atoms with Gasteiger partial charge in [-0.2, -0.15) is 0 Å². The van der Waals surface area contributed by atoms with E-state index in [4.69, 9.17) is 10.5 Å². The van der Waals surface area contributed by atoms with E-state index in [-0.39, 0.29) is 11.9 Å². The summed E-state index contributed by atoms with van der Waals surface area (Å²) in [6.07, 6.45) is 1.09. The maximum absolute atomic E-state index is 12.0. The SMILES string of the molecule is CC(C)COc1ccc(CCNC(=O)CC(N)c2ccccc2)cc1. The summed E-state index contributed by atoms with van der Waals surface area (Å²) in [6, 6.07) is 17.5. The lowest BCUT2D eigenvalue weighted by Crippen LogP contribution is -2.29. The highest BCUT2D eigenvalue weighted by Gasteiger charge is 2.10. The van der Waals surface area contributed by atoms with Crippen molar-refractivity contribution in [2.75, 3.05) is 13.2 Å². The van der Waals surface area contributed by atoms with Crippen molar-refractivity contribution >= 4 is 5.91 Å². The molecule has 25 heavy (non-hydrogen) atoms. The highest BCUT2D eigenvalue weighted by atomic mass is 16.5. The van der Waals surface area contributed by atoms with Gasteiger partial charge in [0, 0.05) is 19.0 Å².